The first-order valence-electron chi connectivity index (χ1n) is 48.5. The molecule has 0 aliphatic heterocycles. The van der Waals surface area contributed by atoms with Gasteiger partial charge in [-0.2, -0.15) is 0 Å². The van der Waals surface area contributed by atoms with Crippen LogP contribution in [0.15, 0.2) is 486 Å². The third-order valence-electron chi connectivity index (χ3n) is 26.7. The number of aromatic nitrogens is 12. The van der Waals surface area contributed by atoms with E-state index in [1.807, 2.05) is 297 Å². The van der Waals surface area contributed by atoms with E-state index in [-0.39, 0.29) is 0 Å². The Bertz CT molecular complexity index is 8580. The van der Waals surface area contributed by atoms with E-state index in [9.17, 15) is 40.2 Å². The van der Waals surface area contributed by atoms with E-state index in [1.54, 1.807) is 49.1 Å². The second-order valence-corrected chi connectivity index (χ2v) is 35.7. The van der Waals surface area contributed by atoms with E-state index < -0.39 is 28.5 Å². The fraction of sp³-hybridized carbons (Fsp3) is 0. The zero-order valence-electron chi connectivity index (χ0n) is 79.4. The lowest BCUT2D eigenvalue weighted by molar-refractivity contribution is 0.425. The van der Waals surface area contributed by atoms with E-state index >= 15 is 0 Å². The summed E-state index contributed by atoms with van der Waals surface area (Å²) in [5.74, 6) is 0.671. The van der Waals surface area contributed by atoms with E-state index in [4.69, 9.17) is 19.9 Å². The predicted molar refractivity (Wildman–Crippen MR) is 599 cm³/mol. The predicted octanol–water partition coefficient (Wildman–Crippen LogP) is 21.7. The Morgan fingerprint density at radius 1 is 0.155 bits per heavy atom. The summed E-state index contributed by atoms with van der Waals surface area (Å²) in [6.07, 6.45) is 7.04. The Morgan fingerprint density at radius 2 is 0.419 bits per heavy atom. The summed E-state index contributed by atoms with van der Waals surface area (Å²) < 4.78 is 8.35. The Balaban J connectivity index is 0.000000109. The second kappa shape index (κ2) is 41.0. The van der Waals surface area contributed by atoms with Crippen LogP contribution in [0.1, 0.15) is 0 Å². The highest BCUT2D eigenvalue weighted by Gasteiger charge is 2.29. The van der Waals surface area contributed by atoms with Gasteiger partial charge in [-0.05, 0) is 157 Å². The number of nitrogens with zero attached hydrogens (tertiary/aromatic N) is 12. The van der Waals surface area contributed by atoms with Crippen LogP contribution in [-0.2, 0) is 0 Å². The van der Waals surface area contributed by atoms with Gasteiger partial charge in [0, 0.05) is 146 Å². The molecule has 704 valence electrons. The highest BCUT2D eigenvalue weighted by Crippen LogP contribution is 2.42. The SMILES string of the molecule is OB(O)c1cccc2c3ccccc3n(-c3cc(-c4ccccn4)cc(-c4ccccn4)c3)c12.OB(O)c1cccc2c3ccccc3n(-c3cc(-c4ccccn4)nc(-c4ccccn4)c3)c12.OB(O)c1cccc2c3ccccc3n(-c3ccc(-c4cc(-c5ccccc5)nc(-c5ccccc5)c4)cc3)c12.OB(O)c1cccc2c3ccccc3n(-c3ccc(-c4cc(-c5ccccc5)nc(-c5ccccc5)n4)cc3)c12. The molecule has 11 aromatic heterocycles. The van der Waals surface area contributed by atoms with Gasteiger partial charge in [0.1, 0.15) is 0 Å². The third-order valence-corrected chi connectivity index (χ3v) is 26.7. The van der Waals surface area contributed by atoms with Gasteiger partial charge in [-0.15, -0.1) is 0 Å². The van der Waals surface area contributed by atoms with Gasteiger partial charge < -0.3 is 58.5 Å². The summed E-state index contributed by atoms with van der Waals surface area (Å²) in [7, 11) is -6.37. The van der Waals surface area contributed by atoms with Crippen molar-refractivity contribution < 1.29 is 40.2 Å². The maximum Gasteiger partial charge on any atom is 0.490 e. The Hall–Kier alpha value is -18.6. The van der Waals surface area contributed by atoms with Gasteiger partial charge >= 0.3 is 28.5 Å². The fourth-order valence-corrected chi connectivity index (χ4v) is 20.0. The van der Waals surface area contributed by atoms with E-state index in [0.29, 0.717) is 39.1 Å². The number of rotatable bonds is 18. The van der Waals surface area contributed by atoms with Crippen LogP contribution >= 0.6 is 0 Å². The molecule has 11 heterocycles. The van der Waals surface area contributed by atoms with Crippen molar-refractivity contribution in [2.45, 2.75) is 0 Å². The van der Waals surface area contributed by atoms with Gasteiger partial charge in [-0.25, -0.2) is 19.9 Å². The third kappa shape index (κ3) is 18.3. The minimum atomic E-state index is -1.61. The first kappa shape index (κ1) is 93.1. The Kier molecular flexibility index (Phi) is 25.8. The lowest BCUT2D eigenvalue weighted by Gasteiger charge is -2.14. The van der Waals surface area contributed by atoms with Crippen molar-refractivity contribution >= 4 is 138 Å². The number of benzene rings is 15. The van der Waals surface area contributed by atoms with Crippen LogP contribution in [0.5, 0.6) is 0 Å². The highest BCUT2D eigenvalue weighted by atomic mass is 16.4. The topological polar surface area (TPSA) is 285 Å². The second-order valence-electron chi connectivity index (χ2n) is 35.7. The number of hydrogen-bond donors (Lipinski definition) is 8. The molecule has 0 amide bonds. The van der Waals surface area contributed by atoms with Gasteiger partial charge in [0.2, 0.25) is 0 Å². The number of fused-ring (bicyclic) bond motifs is 12. The van der Waals surface area contributed by atoms with E-state index in [2.05, 4.69) is 178 Å². The summed E-state index contributed by atoms with van der Waals surface area (Å²) >= 11 is 0. The van der Waals surface area contributed by atoms with Crippen molar-refractivity contribution in [3.8, 4) is 136 Å². The molecule has 0 aliphatic carbocycles. The molecule has 26 aromatic rings. The number of para-hydroxylation sites is 8. The largest absolute Gasteiger partial charge is 0.490 e. The summed E-state index contributed by atoms with van der Waals surface area (Å²) in [4.78, 5) is 37.8. The highest BCUT2D eigenvalue weighted by molar-refractivity contribution is 6.64. The Morgan fingerprint density at radius 3 is 0.743 bits per heavy atom. The van der Waals surface area contributed by atoms with Crippen molar-refractivity contribution in [3.63, 3.8) is 0 Å². The summed E-state index contributed by atoms with van der Waals surface area (Å²) in [5, 5.41) is 89.6. The molecule has 0 radical (unpaired) electrons. The first-order valence-corrected chi connectivity index (χ1v) is 48.5. The normalized spacial score (nSPS) is 11.2. The quantitative estimate of drug-likeness (QED) is 0.0371. The molecule has 24 heteroatoms. The van der Waals surface area contributed by atoms with Gasteiger partial charge in [0.15, 0.2) is 5.82 Å². The van der Waals surface area contributed by atoms with Gasteiger partial charge in [-0.1, -0.05) is 315 Å². The molecule has 20 nitrogen and oxygen atoms in total. The van der Waals surface area contributed by atoms with Crippen LogP contribution in [0.4, 0.5) is 0 Å². The summed E-state index contributed by atoms with van der Waals surface area (Å²) in [6.45, 7) is 0. The standard InChI is InChI=1S/C35H25BN2O2.C34H24BN3O2.C28H20BN3O2.C27H19BN4O2/c39-36(40)31-16-9-15-30-29-14-7-8-17-34(29)38(35(30)31)28-20-18-24(19-21-28)27-22-32(25-10-3-1-4-11-25)37-33(23-27)26-12-5-2-6-13-26;39-35(40)29-16-9-15-28-27-14-7-8-17-32(27)38(33(28)29)26-20-18-24(19-21-26)31-22-30(23-10-3-1-4-11-23)36-34(37-31)25-12-5-2-6-13-25;33-29(34)24-10-7-9-23-22-8-1-2-13-27(22)32(28(23)24)21-17-19(25-11-3-5-14-30-25)16-20(18-21)26-12-4-6-15-31-26;33-28(34)21-10-7-9-20-19-8-1-2-13-26(19)32(27(20)21)18-16-24(22-11-3-5-14-29-22)31-25(17-18)23-12-4-6-15-30-23/h1-23,39-40H;1-22,39-40H;1-18,33-34H;1-17,33-34H. The van der Waals surface area contributed by atoms with E-state index in [1.165, 1.54) is 0 Å². The molecular weight excluding hydrogens is 1830 g/mol. The summed E-state index contributed by atoms with van der Waals surface area (Å²) in [5.41, 5.74) is 29.7. The fourth-order valence-electron chi connectivity index (χ4n) is 20.0. The average Bonchev–Trinajstić information content (AvgIpc) is 1.59. The molecule has 26 rings (SSSR count). The number of hydrogen-bond acceptors (Lipinski definition) is 16. The minimum absolute atomic E-state index is 0.435. The maximum atomic E-state index is 10.2. The summed E-state index contributed by atoms with van der Waals surface area (Å²) in [6, 6.07) is 152. The molecule has 0 saturated heterocycles. The zero-order valence-corrected chi connectivity index (χ0v) is 79.4. The Labute approximate surface area is 851 Å². The molecule has 0 aliphatic rings. The van der Waals surface area contributed by atoms with Crippen molar-refractivity contribution in [2.75, 3.05) is 0 Å². The molecule has 0 atom stereocenters. The van der Waals surface area contributed by atoms with Crippen molar-refractivity contribution in [1.29, 1.82) is 0 Å². The van der Waals surface area contributed by atoms with Crippen LogP contribution in [0.2, 0.25) is 0 Å². The van der Waals surface area contributed by atoms with Crippen molar-refractivity contribution in [3.05, 3.63) is 486 Å². The maximum absolute atomic E-state index is 10.2. The van der Waals surface area contributed by atoms with Gasteiger partial charge in [0.25, 0.3) is 0 Å². The monoisotopic (exact) mass is 1920 g/mol. The lowest BCUT2D eigenvalue weighted by atomic mass is 9.79. The molecule has 0 fully saturated rings. The zero-order chi connectivity index (χ0) is 100. The number of pyridine rings is 6. The van der Waals surface area contributed by atoms with Crippen LogP contribution in [-0.4, -0.2) is 127 Å². The van der Waals surface area contributed by atoms with Crippen LogP contribution in [0, 0.1) is 0 Å². The average molecular weight is 1920 g/mol. The minimum Gasteiger partial charge on any atom is -0.423 e. The first-order chi connectivity index (χ1) is 72.7. The smallest absolute Gasteiger partial charge is 0.423 e. The molecule has 0 unspecified atom stereocenters. The molecule has 148 heavy (non-hydrogen) atoms. The van der Waals surface area contributed by atoms with Crippen LogP contribution < -0.4 is 21.9 Å². The molecule has 15 aromatic carbocycles. The van der Waals surface area contributed by atoms with Crippen molar-refractivity contribution in [1.82, 2.24) is 58.1 Å². The van der Waals surface area contributed by atoms with Crippen LogP contribution in [0.25, 0.3) is 223 Å². The molecule has 0 spiro atoms. The molecule has 8 N–H and O–H groups in total. The molecule has 0 bridgehead atoms. The van der Waals surface area contributed by atoms with Gasteiger partial charge in [-0.3, -0.25) is 19.9 Å². The van der Waals surface area contributed by atoms with Crippen molar-refractivity contribution in [2.24, 2.45) is 0 Å². The lowest BCUT2D eigenvalue weighted by Crippen LogP contribution is -2.31. The van der Waals surface area contributed by atoms with Gasteiger partial charge in [0.05, 0.1) is 107 Å². The molecule has 0 saturated carbocycles. The van der Waals surface area contributed by atoms with E-state index in [0.717, 1.165) is 206 Å². The molecular formula is C124H88B4N12O8. The van der Waals surface area contributed by atoms with Crippen LogP contribution in [0.3, 0.4) is 0 Å².